The van der Waals surface area contributed by atoms with Crippen LogP contribution in [0, 0.1) is 5.92 Å². The van der Waals surface area contributed by atoms with E-state index in [9.17, 15) is 9.59 Å². The molecule has 1 unspecified atom stereocenters. The first kappa shape index (κ1) is 17.9. The number of halogens is 1. The van der Waals surface area contributed by atoms with Crippen molar-refractivity contribution in [1.82, 2.24) is 10.2 Å². The van der Waals surface area contributed by atoms with Gasteiger partial charge in [-0.3, -0.25) is 9.59 Å². The van der Waals surface area contributed by atoms with E-state index in [-0.39, 0.29) is 11.8 Å². The lowest BCUT2D eigenvalue weighted by Crippen LogP contribution is -2.40. The summed E-state index contributed by atoms with van der Waals surface area (Å²) in [5.74, 6) is 1.30. The van der Waals surface area contributed by atoms with Gasteiger partial charge < -0.3 is 19.7 Å². The largest absolute Gasteiger partial charge is 0.486 e. The minimum Gasteiger partial charge on any atom is -0.486 e. The molecule has 1 N–H and O–H groups in total. The van der Waals surface area contributed by atoms with Crippen LogP contribution in [-0.2, 0) is 4.79 Å². The molecule has 6 nitrogen and oxygen atoms in total. The van der Waals surface area contributed by atoms with Crippen LogP contribution in [0.15, 0.2) is 12.1 Å². The molecule has 0 spiro atoms. The SMILES string of the molecule is CC1CCCN(C(=O)CCNC(=O)c2cc(Cl)c3c(c2)OCCO3)C1. The van der Waals surface area contributed by atoms with Crippen molar-refractivity contribution in [2.24, 2.45) is 5.92 Å². The first-order valence-electron chi connectivity index (χ1n) is 8.69. The number of ether oxygens (including phenoxy) is 2. The molecule has 1 atom stereocenters. The number of piperidine rings is 1. The van der Waals surface area contributed by atoms with Gasteiger partial charge in [-0.1, -0.05) is 18.5 Å². The molecule has 0 saturated carbocycles. The number of likely N-dealkylation sites (tertiary alicyclic amines) is 1. The maximum Gasteiger partial charge on any atom is 0.251 e. The number of hydrogen-bond donors (Lipinski definition) is 1. The highest BCUT2D eigenvalue weighted by atomic mass is 35.5. The van der Waals surface area contributed by atoms with Gasteiger partial charge in [0, 0.05) is 31.6 Å². The topological polar surface area (TPSA) is 67.9 Å². The Morgan fingerprint density at radius 2 is 2.12 bits per heavy atom. The second-order valence-corrected chi connectivity index (χ2v) is 6.98. The van der Waals surface area contributed by atoms with Crippen molar-refractivity contribution in [1.29, 1.82) is 0 Å². The number of carbonyl (C=O) groups is 2. The molecule has 1 aromatic carbocycles. The number of fused-ring (bicyclic) bond motifs is 1. The van der Waals surface area contributed by atoms with E-state index < -0.39 is 0 Å². The highest BCUT2D eigenvalue weighted by Gasteiger charge is 2.22. The van der Waals surface area contributed by atoms with Gasteiger partial charge in [-0.05, 0) is 30.9 Å². The Morgan fingerprint density at radius 1 is 1.32 bits per heavy atom. The van der Waals surface area contributed by atoms with Crippen molar-refractivity contribution in [2.75, 3.05) is 32.8 Å². The van der Waals surface area contributed by atoms with Gasteiger partial charge in [-0.15, -0.1) is 0 Å². The number of nitrogens with one attached hydrogen (secondary N) is 1. The fourth-order valence-electron chi connectivity index (χ4n) is 3.20. The number of benzene rings is 1. The zero-order valence-corrected chi connectivity index (χ0v) is 15.1. The van der Waals surface area contributed by atoms with Gasteiger partial charge in [0.15, 0.2) is 11.5 Å². The van der Waals surface area contributed by atoms with Crippen LogP contribution in [0.25, 0.3) is 0 Å². The van der Waals surface area contributed by atoms with Crippen LogP contribution in [0.1, 0.15) is 36.5 Å². The average molecular weight is 367 g/mol. The molecule has 3 rings (SSSR count). The molecule has 0 radical (unpaired) electrons. The van der Waals surface area contributed by atoms with E-state index in [1.54, 1.807) is 12.1 Å². The van der Waals surface area contributed by atoms with Crippen LogP contribution in [0.5, 0.6) is 11.5 Å². The summed E-state index contributed by atoms with van der Waals surface area (Å²) in [6.07, 6.45) is 2.52. The summed E-state index contributed by atoms with van der Waals surface area (Å²) >= 11 is 6.15. The molecule has 1 saturated heterocycles. The Bertz CT molecular complexity index is 665. The predicted octanol–water partition coefficient (Wildman–Crippen LogP) is 2.49. The van der Waals surface area contributed by atoms with E-state index in [1.807, 2.05) is 4.90 Å². The van der Waals surface area contributed by atoms with E-state index in [0.717, 1.165) is 19.5 Å². The molecule has 136 valence electrons. The summed E-state index contributed by atoms with van der Waals surface area (Å²) in [4.78, 5) is 26.4. The highest BCUT2D eigenvalue weighted by molar-refractivity contribution is 6.32. The number of carbonyl (C=O) groups excluding carboxylic acids is 2. The van der Waals surface area contributed by atoms with Gasteiger partial charge in [0.1, 0.15) is 13.2 Å². The zero-order chi connectivity index (χ0) is 17.8. The van der Waals surface area contributed by atoms with E-state index in [1.165, 1.54) is 6.42 Å². The lowest BCUT2D eigenvalue weighted by Gasteiger charge is -2.31. The van der Waals surface area contributed by atoms with Gasteiger partial charge in [-0.25, -0.2) is 0 Å². The Hall–Kier alpha value is -1.95. The zero-order valence-electron chi connectivity index (χ0n) is 14.3. The third-order valence-electron chi connectivity index (χ3n) is 4.49. The number of rotatable bonds is 4. The fourth-order valence-corrected chi connectivity index (χ4v) is 3.47. The molecule has 2 amide bonds. The van der Waals surface area contributed by atoms with Crippen LogP contribution in [0.3, 0.4) is 0 Å². The number of amides is 2. The summed E-state index contributed by atoms with van der Waals surface area (Å²) in [7, 11) is 0. The van der Waals surface area contributed by atoms with Gasteiger partial charge in [0.05, 0.1) is 5.02 Å². The lowest BCUT2D eigenvalue weighted by atomic mass is 10.00. The molecule has 2 aliphatic rings. The summed E-state index contributed by atoms with van der Waals surface area (Å²) in [5.41, 5.74) is 0.397. The predicted molar refractivity (Wildman–Crippen MR) is 94.4 cm³/mol. The van der Waals surface area contributed by atoms with E-state index in [4.69, 9.17) is 21.1 Å². The van der Waals surface area contributed by atoms with Crippen LogP contribution in [0.4, 0.5) is 0 Å². The smallest absolute Gasteiger partial charge is 0.251 e. The molecular weight excluding hydrogens is 344 g/mol. The summed E-state index contributed by atoms with van der Waals surface area (Å²) in [5, 5.41) is 3.12. The van der Waals surface area contributed by atoms with Crippen molar-refractivity contribution in [2.45, 2.75) is 26.2 Å². The molecule has 1 aromatic rings. The first-order chi connectivity index (χ1) is 12.0. The quantitative estimate of drug-likeness (QED) is 0.889. The average Bonchev–Trinajstić information content (AvgIpc) is 2.61. The molecule has 2 heterocycles. The summed E-state index contributed by atoms with van der Waals surface area (Å²) in [6, 6.07) is 3.17. The van der Waals surface area contributed by atoms with Crippen LogP contribution in [-0.4, -0.2) is 49.6 Å². The fraction of sp³-hybridized carbons (Fsp3) is 0.556. The molecule has 7 heteroatoms. The van der Waals surface area contributed by atoms with Crippen molar-refractivity contribution >= 4 is 23.4 Å². The van der Waals surface area contributed by atoms with Crippen molar-refractivity contribution in [3.8, 4) is 11.5 Å². The third kappa shape index (κ3) is 4.37. The second-order valence-electron chi connectivity index (χ2n) is 6.58. The second kappa shape index (κ2) is 7.95. The van der Waals surface area contributed by atoms with Gasteiger partial charge in [-0.2, -0.15) is 0 Å². The van der Waals surface area contributed by atoms with Crippen LogP contribution in [0.2, 0.25) is 5.02 Å². The van der Waals surface area contributed by atoms with Crippen LogP contribution < -0.4 is 14.8 Å². The normalized spacial score (nSPS) is 19.4. The van der Waals surface area contributed by atoms with Gasteiger partial charge >= 0.3 is 0 Å². The van der Waals surface area contributed by atoms with Gasteiger partial charge in [0.25, 0.3) is 5.91 Å². The first-order valence-corrected chi connectivity index (χ1v) is 9.07. The van der Waals surface area contributed by atoms with Crippen LogP contribution >= 0.6 is 11.6 Å². The standard InChI is InChI=1S/C18H23ClN2O4/c1-12-3-2-6-21(11-12)16(22)4-5-20-18(23)13-9-14(19)17-15(10-13)24-7-8-25-17/h9-10,12H,2-8,11H2,1H3,(H,20,23). The molecule has 25 heavy (non-hydrogen) atoms. The third-order valence-corrected chi connectivity index (χ3v) is 4.77. The maximum atomic E-state index is 12.3. The lowest BCUT2D eigenvalue weighted by molar-refractivity contribution is -0.132. The molecule has 1 fully saturated rings. The molecule has 0 aromatic heterocycles. The van der Waals surface area contributed by atoms with E-state index in [2.05, 4.69) is 12.2 Å². The Balaban J connectivity index is 1.52. The molecule has 2 aliphatic heterocycles. The monoisotopic (exact) mass is 366 g/mol. The summed E-state index contributed by atoms with van der Waals surface area (Å²) in [6.45, 7) is 4.95. The minimum atomic E-state index is -0.279. The highest BCUT2D eigenvalue weighted by Crippen LogP contribution is 2.38. The molecule has 0 aliphatic carbocycles. The van der Waals surface area contributed by atoms with Crippen molar-refractivity contribution in [3.63, 3.8) is 0 Å². The van der Waals surface area contributed by atoms with Crippen molar-refractivity contribution in [3.05, 3.63) is 22.7 Å². The van der Waals surface area contributed by atoms with E-state index >= 15 is 0 Å². The Morgan fingerprint density at radius 3 is 2.92 bits per heavy atom. The molecular formula is C18H23ClN2O4. The van der Waals surface area contributed by atoms with Gasteiger partial charge in [0.2, 0.25) is 5.91 Å². The van der Waals surface area contributed by atoms with E-state index in [0.29, 0.717) is 54.2 Å². The number of nitrogens with zero attached hydrogens (tertiary/aromatic N) is 1. The Kier molecular flexibility index (Phi) is 5.68. The molecule has 0 bridgehead atoms. The summed E-state index contributed by atoms with van der Waals surface area (Å²) < 4.78 is 10.9. The Labute approximate surface area is 152 Å². The maximum absolute atomic E-state index is 12.3. The minimum absolute atomic E-state index is 0.0899. The number of hydrogen-bond acceptors (Lipinski definition) is 4. The van der Waals surface area contributed by atoms with Crippen molar-refractivity contribution < 1.29 is 19.1 Å².